The van der Waals surface area contributed by atoms with E-state index in [0.29, 0.717) is 5.92 Å². The summed E-state index contributed by atoms with van der Waals surface area (Å²) in [6.45, 7) is 7.68. The minimum absolute atomic E-state index is 0. The lowest BCUT2D eigenvalue weighted by atomic mass is 9.81. The number of hydrogen-bond acceptors (Lipinski definition) is 5. The van der Waals surface area contributed by atoms with Gasteiger partial charge in [0, 0.05) is 44.3 Å². The third-order valence-electron chi connectivity index (χ3n) is 6.12. The average molecular weight is 424 g/mol. The van der Waals surface area contributed by atoms with Gasteiger partial charge in [-0.25, -0.2) is 0 Å². The number of esters is 1. The quantitative estimate of drug-likeness (QED) is 0.688. The Kier molecular flexibility index (Phi) is 9.40. The molecule has 1 heterocycles. The van der Waals surface area contributed by atoms with Gasteiger partial charge in [0.2, 0.25) is 5.91 Å². The summed E-state index contributed by atoms with van der Waals surface area (Å²) in [5.41, 5.74) is 2.15. The van der Waals surface area contributed by atoms with E-state index < -0.39 is 0 Å². The van der Waals surface area contributed by atoms with Gasteiger partial charge in [-0.3, -0.25) is 9.59 Å². The summed E-state index contributed by atoms with van der Waals surface area (Å²) in [7, 11) is 1.43. The van der Waals surface area contributed by atoms with Crippen molar-refractivity contribution in [3.8, 4) is 0 Å². The van der Waals surface area contributed by atoms with E-state index in [4.69, 9.17) is 4.74 Å². The van der Waals surface area contributed by atoms with E-state index in [1.165, 1.54) is 12.7 Å². The molecule has 1 aromatic rings. The second kappa shape index (κ2) is 11.5. The number of benzene rings is 1. The average Bonchev–Trinajstić information content (AvgIpc) is 2.74. The standard InChI is InChI=1S/C22H33N3O3.ClH/c1-16(15-25-13-11-23-12-14-25)17-7-9-20(10-8-17)24-21(26)18-3-5-19(6-4-18)22(27)28-2;/h7-10,16,18-19,23H,3-6,11-15H2,1-2H3,(H,24,26);1H. The van der Waals surface area contributed by atoms with Crippen molar-refractivity contribution in [2.24, 2.45) is 11.8 Å². The van der Waals surface area contributed by atoms with Crippen molar-refractivity contribution in [1.29, 1.82) is 0 Å². The highest BCUT2D eigenvalue weighted by molar-refractivity contribution is 5.92. The van der Waals surface area contributed by atoms with Crippen LogP contribution in [-0.2, 0) is 14.3 Å². The summed E-state index contributed by atoms with van der Waals surface area (Å²) >= 11 is 0. The summed E-state index contributed by atoms with van der Waals surface area (Å²) in [5, 5.41) is 6.43. The first kappa shape index (κ1) is 23.6. The molecular formula is C22H34ClN3O3. The maximum atomic E-state index is 12.6. The molecule has 162 valence electrons. The van der Waals surface area contributed by atoms with Gasteiger partial charge in [-0.2, -0.15) is 0 Å². The molecule has 0 aromatic heterocycles. The molecule has 1 amide bonds. The van der Waals surface area contributed by atoms with Gasteiger partial charge < -0.3 is 20.3 Å². The number of nitrogens with zero attached hydrogens (tertiary/aromatic N) is 1. The number of anilines is 1. The van der Waals surface area contributed by atoms with E-state index in [1.54, 1.807) is 0 Å². The molecule has 3 rings (SSSR count). The van der Waals surface area contributed by atoms with Crippen molar-refractivity contribution < 1.29 is 14.3 Å². The topological polar surface area (TPSA) is 70.7 Å². The molecule has 1 atom stereocenters. The highest BCUT2D eigenvalue weighted by Gasteiger charge is 2.30. The SMILES string of the molecule is COC(=O)C1CCC(C(=O)Nc2ccc(C(C)CN3CCNCC3)cc2)CC1.Cl. The third-order valence-corrected chi connectivity index (χ3v) is 6.12. The summed E-state index contributed by atoms with van der Waals surface area (Å²) in [6, 6.07) is 8.25. The predicted octanol–water partition coefficient (Wildman–Crippen LogP) is 3.04. The largest absolute Gasteiger partial charge is 0.469 e. The molecule has 0 bridgehead atoms. The van der Waals surface area contributed by atoms with E-state index in [1.807, 2.05) is 12.1 Å². The van der Waals surface area contributed by atoms with E-state index in [9.17, 15) is 9.59 Å². The van der Waals surface area contributed by atoms with Crippen LogP contribution in [0.15, 0.2) is 24.3 Å². The summed E-state index contributed by atoms with van der Waals surface area (Å²) in [4.78, 5) is 26.7. The molecule has 2 fully saturated rings. The fourth-order valence-corrected chi connectivity index (χ4v) is 4.28. The zero-order valence-electron chi connectivity index (χ0n) is 17.5. The minimum atomic E-state index is -0.149. The molecule has 7 heteroatoms. The van der Waals surface area contributed by atoms with Gasteiger partial charge in [0.1, 0.15) is 0 Å². The van der Waals surface area contributed by atoms with Crippen LogP contribution < -0.4 is 10.6 Å². The van der Waals surface area contributed by atoms with Crippen LogP contribution in [-0.4, -0.2) is 56.6 Å². The lowest BCUT2D eigenvalue weighted by Gasteiger charge is -2.29. The fourth-order valence-electron chi connectivity index (χ4n) is 4.28. The van der Waals surface area contributed by atoms with Crippen molar-refractivity contribution in [1.82, 2.24) is 10.2 Å². The van der Waals surface area contributed by atoms with Crippen LogP contribution in [0.5, 0.6) is 0 Å². The first-order valence-corrected chi connectivity index (χ1v) is 10.5. The van der Waals surface area contributed by atoms with Crippen molar-refractivity contribution in [3.05, 3.63) is 29.8 Å². The van der Waals surface area contributed by atoms with Crippen molar-refractivity contribution >= 4 is 30.0 Å². The number of carbonyl (C=O) groups is 2. The van der Waals surface area contributed by atoms with E-state index >= 15 is 0 Å². The highest BCUT2D eigenvalue weighted by atomic mass is 35.5. The monoisotopic (exact) mass is 423 g/mol. The normalized spacial score (nSPS) is 23.5. The highest BCUT2D eigenvalue weighted by Crippen LogP contribution is 2.30. The van der Waals surface area contributed by atoms with E-state index in [0.717, 1.165) is 64.1 Å². The molecule has 1 saturated heterocycles. The van der Waals surface area contributed by atoms with Crippen molar-refractivity contribution in [3.63, 3.8) is 0 Å². The second-order valence-corrected chi connectivity index (χ2v) is 8.13. The summed E-state index contributed by atoms with van der Waals surface area (Å²) in [5.74, 6) is 0.309. The molecular weight excluding hydrogens is 390 g/mol. The number of piperazine rings is 1. The van der Waals surface area contributed by atoms with Gasteiger partial charge in [0.15, 0.2) is 0 Å². The lowest BCUT2D eigenvalue weighted by Crippen LogP contribution is -2.44. The summed E-state index contributed by atoms with van der Waals surface area (Å²) in [6.07, 6.45) is 2.94. The molecule has 1 saturated carbocycles. The minimum Gasteiger partial charge on any atom is -0.469 e. The van der Waals surface area contributed by atoms with Crippen LogP contribution >= 0.6 is 12.4 Å². The van der Waals surface area contributed by atoms with Gasteiger partial charge >= 0.3 is 5.97 Å². The van der Waals surface area contributed by atoms with E-state index in [2.05, 4.69) is 34.6 Å². The maximum Gasteiger partial charge on any atom is 0.308 e. The van der Waals surface area contributed by atoms with Crippen LogP contribution in [0.2, 0.25) is 0 Å². The number of methoxy groups -OCH3 is 1. The number of halogens is 1. The Bertz CT molecular complexity index is 654. The smallest absolute Gasteiger partial charge is 0.308 e. The van der Waals surface area contributed by atoms with Gasteiger partial charge in [0.05, 0.1) is 13.0 Å². The molecule has 2 aliphatic rings. The zero-order valence-corrected chi connectivity index (χ0v) is 18.3. The second-order valence-electron chi connectivity index (χ2n) is 8.13. The van der Waals surface area contributed by atoms with Gasteiger partial charge in [-0.1, -0.05) is 19.1 Å². The number of nitrogens with one attached hydrogen (secondary N) is 2. The Morgan fingerprint density at radius 3 is 2.28 bits per heavy atom. The Labute approximate surface area is 180 Å². The molecule has 1 aliphatic heterocycles. The maximum absolute atomic E-state index is 12.6. The van der Waals surface area contributed by atoms with Crippen LogP contribution in [0.1, 0.15) is 44.1 Å². The summed E-state index contributed by atoms with van der Waals surface area (Å²) < 4.78 is 4.81. The molecule has 0 radical (unpaired) electrons. The molecule has 6 nitrogen and oxygen atoms in total. The van der Waals surface area contributed by atoms with Crippen molar-refractivity contribution in [2.75, 3.05) is 45.2 Å². The van der Waals surface area contributed by atoms with E-state index in [-0.39, 0.29) is 36.1 Å². The third kappa shape index (κ3) is 6.69. The Hall–Kier alpha value is -1.63. The Balaban J connectivity index is 0.00000300. The zero-order chi connectivity index (χ0) is 19.9. The van der Waals surface area contributed by atoms with Gasteiger partial charge in [-0.05, 0) is 49.3 Å². The molecule has 1 unspecified atom stereocenters. The molecule has 29 heavy (non-hydrogen) atoms. The van der Waals surface area contributed by atoms with Crippen LogP contribution in [0.25, 0.3) is 0 Å². The van der Waals surface area contributed by atoms with Crippen LogP contribution in [0, 0.1) is 11.8 Å². The molecule has 0 spiro atoms. The number of hydrogen-bond donors (Lipinski definition) is 2. The number of rotatable bonds is 6. The fraction of sp³-hybridized carbons (Fsp3) is 0.636. The Morgan fingerprint density at radius 1 is 1.10 bits per heavy atom. The molecule has 1 aromatic carbocycles. The first-order chi connectivity index (χ1) is 13.6. The number of ether oxygens (including phenoxy) is 1. The first-order valence-electron chi connectivity index (χ1n) is 10.5. The lowest BCUT2D eigenvalue weighted by molar-refractivity contribution is -0.147. The van der Waals surface area contributed by atoms with Gasteiger partial charge in [-0.15, -0.1) is 12.4 Å². The van der Waals surface area contributed by atoms with Crippen molar-refractivity contribution in [2.45, 2.75) is 38.5 Å². The Morgan fingerprint density at radius 2 is 1.69 bits per heavy atom. The number of amides is 1. The number of carbonyl (C=O) groups excluding carboxylic acids is 2. The predicted molar refractivity (Wildman–Crippen MR) is 118 cm³/mol. The van der Waals surface area contributed by atoms with Crippen LogP contribution in [0.4, 0.5) is 5.69 Å². The van der Waals surface area contributed by atoms with Gasteiger partial charge in [0.25, 0.3) is 0 Å². The molecule has 2 N–H and O–H groups in total. The van der Waals surface area contributed by atoms with Crippen LogP contribution in [0.3, 0.4) is 0 Å². The molecule has 1 aliphatic carbocycles.